The van der Waals surface area contributed by atoms with Gasteiger partial charge in [0.15, 0.2) is 28.6 Å². The number of thioether (sulfide) groups is 1. The molecule has 0 unspecified atom stereocenters. The Hall–Kier alpha value is -3.35. The molecule has 0 saturated carbocycles. The Morgan fingerprint density at radius 1 is 1.00 bits per heavy atom. The molecule has 13 nitrogen and oxygen atoms in total. The monoisotopic (exact) mass is 662 g/mol. The molecular weight excluding hydrogens is 629 g/mol. The first kappa shape index (κ1) is 36.1. The standard InChI is InChI=1S/C28H33F3N2O11S/c1-14(34)25(38)21(12-42-17(4)37)43-24(26(39,15(2)35)27(25,40)16(3)36)44-23-20(11-18-7-9-19(45-6)10-8-18)22(28(29,30)31)32-33(23)13-41-5/h7-10,21,24,38-40H,11-13H2,1-6H3/t21-,24+,25-,26+,27+/m1/s1. The van der Waals surface area contributed by atoms with Crippen LogP contribution >= 0.6 is 11.8 Å². The van der Waals surface area contributed by atoms with Gasteiger partial charge in [0, 0.05) is 25.3 Å². The summed E-state index contributed by atoms with van der Waals surface area (Å²) in [6.45, 7) is 1.31. The molecule has 0 spiro atoms. The lowest BCUT2D eigenvalue weighted by Gasteiger charge is -2.56. The number of nitrogens with zero attached hydrogens (tertiary/aromatic N) is 2. The first-order valence-electron chi connectivity index (χ1n) is 13.2. The summed E-state index contributed by atoms with van der Waals surface area (Å²) in [5, 5.41) is 38.6. The Bertz CT molecular complexity index is 1460. The Morgan fingerprint density at radius 2 is 1.58 bits per heavy atom. The van der Waals surface area contributed by atoms with E-state index in [0.717, 1.165) is 18.9 Å². The highest BCUT2D eigenvalue weighted by molar-refractivity contribution is 7.98. The molecule has 1 fully saturated rings. The van der Waals surface area contributed by atoms with E-state index in [4.69, 9.17) is 18.9 Å². The smallest absolute Gasteiger partial charge is 0.435 e. The fraction of sp³-hybridized carbons (Fsp3) is 0.536. The Balaban J connectivity index is 2.32. The minimum atomic E-state index is -5.05. The van der Waals surface area contributed by atoms with Crippen LogP contribution in [-0.2, 0) is 52.7 Å². The van der Waals surface area contributed by atoms with Gasteiger partial charge in [-0.1, -0.05) is 12.1 Å². The van der Waals surface area contributed by atoms with Gasteiger partial charge in [-0.2, -0.15) is 18.3 Å². The van der Waals surface area contributed by atoms with E-state index in [9.17, 15) is 47.7 Å². The lowest BCUT2D eigenvalue weighted by Crippen LogP contribution is -2.86. The molecule has 1 aromatic heterocycles. The van der Waals surface area contributed by atoms with E-state index < -0.39 is 95.6 Å². The van der Waals surface area contributed by atoms with Crippen molar-refractivity contribution in [3.8, 4) is 5.88 Å². The highest BCUT2D eigenvalue weighted by Gasteiger charge is 2.79. The van der Waals surface area contributed by atoms with Crippen LogP contribution in [0.25, 0.3) is 0 Å². The Labute approximate surface area is 259 Å². The van der Waals surface area contributed by atoms with Gasteiger partial charge < -0.3 is 34.3 Å². The molecule has 5 atom stereocenters. The second-order valence-electron chi connectivity index (χ2n) is 10.4. The summed E-state index contributed by atoms with van der Waals surface area (Å²) in [6.07, 6.45) is -8.47. The third kappa shape index (κ3) is 6.24. The minimum absolute atomic E-state index is 0.366. The number of halogens is 3. The van der Waals surface area contributed by atoms with Gasteiger partial charge >= 0.3 is 12.1 Å². The van der Waals surface area contributed by atoms with Crippen LogP contribution < -0.4 is 4.74 Å². The van der Waals surface area contributed by atoms with Crippen molar-refractivity contribution in [3.05, 3.63) is 41.1 Å². The number of carbonyl (C=O) groups excluding carboxylic acids is 4. The summed E-state index contributed by atoms with van der Waals surface area (Å²) in [7, 11) is 1.14. The number of carbonyl (C=O) groups is 4. The van der Waals surface area contributed by atoms with Crippen molar-refractivity contribution in [2.45, 2.75) is 81.1 Å². The number of aliphatic hydroxyl groups is 3. The van der Waals surface area contributed by atoms with Crippen LogP contribution in [0.15, 0.2) is 29.2 Å². The number of hydrogen-bond acceptors (Lipinski definition) is 13. The van der Waals surface area contributed by atoms with E-state index in [0.29, 0.717) is 31.0 Å². The summed E-state index contributed by atoms with van der Waals surface area (Å²) < 4.78 is 64.7. The summed E-state index contributed by atoms with van der Waals surface area (Å²) in [5.74, 6) is -6.08. The van der Waals surface area contributed by atoms with Crippen LogP contribution in [0.1, 0.15) is 44.5 Å². The fourth-order valence-corrected chi connectivity index (χ4v) is 5.61. The van der Waals surface area contributed by atoms with Crippen molar-refractivity contribution in [3.63, 3.8) is 0 Å². The number of hydrogen-bond donors (Lipinski definition) is 3. The maximum absolute atomic E-state index is 14.3. The number of ketones is 3. The van der Waals surface area contributed by atoms with E-state index in [2.05, 4.69) is 5.10 Å². The SMILES string of the molecule is COCn1nc(C(F)(F)F)c(Cc2ccc(SC)cc2)c1O[C@@H]1O[C@H](COC(C)=O)[C@](O)(C(C)=O)[C@@](O)(C(C)=O)[C@]1(O)C(C)=O. The maximum Gasteiger partial charge on any atom is 0.435 e. The second-order valence-corrected chi connectivity index (χ2v) is 11.2. The molecule has 3 N–H and O–H groups in total. The third-order valence-corrected chi connectivity index (χ3v) is 8.24. The molecule has 2 heterocycles. The van der Waals surface area contributed by atoms with E-state index in [1.165, 1.54) is 11.8 Å². The molecule has 0 radical (unpaired) electrons. The maximum atomic E-state index is 14.3. The summed E-state index contributed by atoms with van der Waals surface area (Å²) in [5.41, 5.74) is -12.4. The quantitative estimate of drug-likeness (QED) is 0.219. The average molecular weight is 663 g/mol. The molecule has 1 saturated heterocycles. The Morgan fingerprint density at radius 3 is 2.02 bits per heavy atom. The van der Waals surface area contributed by atoms with Gasteiger partial charge in [0.05, 0.1) is 5.56 Å². The molecule has 0 bridgehead atoms. The zero-order valence-corrected chi connectivity index (χ0v) is 25.9. The van der Waals surface area contributed by atoms with Crippen molar-refractivity contribution >= 4 is 35.1 Å². The van der Waals surface area contributed by atoms with Crippen LogP contribution in [-0.4, -0.2) is 97.6 Å². The van der Waals surface area contributed by atoms with Gasteiger partial charge in [-0.05, 0) is 44.7 Å². The average Bonchev–Trinajstić information content (AvgIpc) is 3.29. The third-order valence-electron chi connectivity index (χ3n) is 7.50. The summed E-state index contributed by atoms with van der Waals surface area (Å²) in [6, 6.07) is 6.45. The highest BCUT2D eigenvalue weighted by atomic mass is 32.2. The number of aromatic nitrogens is 2. The van der Waals surface area contributed by atoms with E-state index in [1.807, 2.05) is 6.26 Å². The van der Waals surface area contributed by atoms with Crippen molar-refractivity contribution in [2.75, 3.05) is 20.0 Å². The summed E-state index contributed by atoms with van der Waals surface area (Å²) in [4.78, 5) is 51.4. The van der Waals surface area contributed by atoms with Gasteiger partial charge in [-0.15, -0.1) is 11.8 Å². The van der Waals surface area contributed by atoms with Gasteiger partial charge in [-0.25, -0.2) is 4.68 Å². The predicted octanol–water partition coefficient (Wildman–Crippen LogP) is 1.45. The first-order chi connectivity index (χ1) is 20.8. The molecule has 3 rings (SSSR count). The lowest BCUT2D eigenvalue weighted by atomic mass is 9.61. The number of methoxy groups -OCH3 is 1. The number of benzene rings is 1. The molecule has 248 valence electrons. The van der Waals surface area contributed by atoms with Crippen LogP contribution in [0.4, 0.5) is 13.2 Å². The van der Waals surface area contributed by atoms with E-state index in [1.54, 1.807) is 24.3 Å². The topological polar surface area (TPSA) is 184 Å². The Kier molecular flexibility index (Phi) is 10.6. The second kappa shape index (κ2) is 13.2. The van der Waals surface area contributed by atoms with E-state index in [-0.39, 0.29) is 0 Å². The van der Waals surface area contributed by atoms with Gasteiger partial charge in [0.2, 0.25) is 23.4 Å². The zero-order chi connectivity index (χ0) is 34.1. The molecule has 45 heavy (non-hydrogen) atoms. The minimum Gasteiger partial charge on any atom is -0.463 e. The van der Waals surface area contributed by atoms with Crippen molar-refractivity contribution < 1.29 is 66.6 Å². The molecule has 2 aromatic rings. The van der Waals surface area contributed by atoms with Gasteiger partial charge in [0.1, 0.15) is 19.4 Å². The molecule has 1 aromatic carbocycles. The normalized spacial score (nSPS) is 26.8. The van der Waals surface area contributed by atoms with Crippen molar-refractivity contribution in [1.29, 1.82) is 0 Å². The first-order valence-corrected chi connectivity index (χ1v) is 14.5. The molecule has 1 aliphatic rings. The van der Waals surface area contributed by atoms with Gasteiger partial charge in [-0.3, -0.25) is 19.2 Å². The highest BCUT2D eigenvalue weighted by Crippen LogP contribution is 2.48. The lowest BCUT2D eigenvalue weighted by molar-refractivity contribution is -0.354. The molecule has 17 heteroatoms. The predicted molar refractivity (Wildman–Crippen MR) is 148 cm³/mol. The summed E-state index contributed by atoms with van der Waals surface area (Å²) >= 11 is 1.40. The zero-order valence-electron chi connectivity index (χ0n) is 25.1. The largest absolute Gasteiger partial charge is 0.463 e. The number of rotatable bonds is 12. The number of alkyl halides is 3. The molecule has 0 amide bonds. The van der Waals surface area contributed by atoms with E-state index >= 15 is 0 Å². The molecule has 0 aliphatic carbocycles. The van der Waals surface area contributed by atoms with Crippen molar-refractivity contribution in [2.24, 2.45) is 0 Å². The molecule has 1 aliphatic heterocycles. The van der Waals surface area contributed by atoms with Gasteiger partial charge in [0.25, 0.3) is 0 Å². The number of ether oxygens (including phenoxy) is 4. The molecular formula is C28H33F3N2O11S. The van der Waals surface area contributed by atoms with Crippen LogP contribution in [0.5, 0.6) is 5.88 Å². The van der Waals surface area contributed by atoms with Crippen LogP contribution in [0.2, 0.25) is 0 Å². The van der Waals surface area contributed by atoms with Crippen molar-refractivity contribution in [1.82, 2.24) is 9.78 Å². The number of esters is 1. The fourth-order valence-electron chi connectivity index (χ4n) is 5.21. The van der Waals surface area contributed by atoms with Crippen LogP contribution in [0, 0.1) is 0 Å². The number of Topliss-reactive ketones (excluding diaryl/α,β-unsaturated/α-hetero) is 3. The van der Waals surface area contributed by atoms with Crippen LogP contribution in [0.3, 0.4) is 0 Å².